The molecule has 2 fully saturated rings. The van der Waals surface area contributed by atoms with Gasteiger partial charge in [-0.2, -0.15) is 0 Å². The number of carbonyl (C=O) groups excluding carboxylic acids is 4. The topological polar surface area (TPSA) is 153 Å². The maximum atomic E-state index is 13.5. The predicted molar refractivity (Wildman–Crippen MR) is 122 cm³/mol. The van der Waals surface area contributed by atoms with Gasteiger partial charge in [0.25, 0.3) is 0 Å². The number of ether oxygens (including phenoxy) is 1. The number of rotatable bonds is 9. The van der Waals surface area contributed by atoms with Crippen LogP contribution in [0.15, 0.2) is 21.7 Å². The third kappa shape index (κ3) is 6.29. The summed E-state index contributed by atoms with van der Waals surface area (Å²) in [5, 5.41) is 12.3. The van der Waals surface area contributed by atoms with Gasteiger partial charge < -0.3 is 24.4 Å². The molecule has 0 unspecified atom stereocenters. The molecule has 11 nitrogen and oxygen atoms in total. The van der Waals surface area contributed by atoms with Crippen LogP contribution in [0.3, 0.4) is 0 Å². The third-order valence-corrected chi connectivity index (χ3v) is 9.55. The molecule has 1 aromatic rings. The first-order valence-electron chi connectivity index (χ1n) is 10.6. The molecule has 2 aliphatic heterocycles. The van der Waals surface area contributed by atoms with Crippen LogP contribution in [0.4, 0.5) is 0 Å². The zero-order valence-electron chi connectivity index (χ0n) is 18.5. The lowest BCUT2D eigenvalue weighted by molar-refractivity contribution is -0.301. The van der Waals surface area contributed by atoms with Crippen molar-refractivity contribution in [2.45, 2.75) is 48.0 Å². The lowest BCUT2D eigenvalue weighted by Gasteiger charge is -2.40. The average Bonchev–Trinajstić information content (AvgIpc) is 3.50. The minimum atomic E-state index is -3.78. The quantitative estimate of drug-likeness (QED) is 0.396. The van der Waals surface area contributed by atoms with Gasteiger partial charge in [0.2, 0.25) is 21.8 Å². The van der Waals surface area contributed by atoms with E-state index >= 15 is 0 Å². The van der Waals surface area contributed by atoms with Gasteiger partial charge in [-0.25, -0.2) is 17.9 Å². The number of sulfonamides is 1. The maximum absolute atomic E-state index is 13.5. The van der Waals surface area contributed by atoms with Crippen molar-refractivity contribution in [3.8, 4) is 0 Å². The SMILES string of the molecule is COC(=O)[C@H]1CCCN1C(=O)[C@@H]1C[C@@H](NS(=O)(=O)c2cccs2)CCN1C(=O)CSCC(=O)[O-]. The minimum Gasteiger partial charge on any atom is -0.549 e. The van der Waals surface area contributed by atoms with E-state index in [0.717, 1.165) is 23.1 Å². The second-order valence-corrected chi connectivity index (χ2v) is 11.8. The molecule has 0 spiro atoms. The summed E-state index contributed by atoms with van der Waals surface area (Å²) in [4.78, 5) is 51.9. The van der Waals surface area contributed by atoms with Crippen molar-refractivity contribution in [1.82, 2.24) is 14.5 Å². The highest BCUT2D eigenvalue weighted by Crippen LogP contribution is 2.27. The fourth-order valence-corrected chi connectivity index (χ4v) is 7.11. The molecule has 0 aliphatic carbocycles. The summed E-state index contributed by atoms with van der Waals surface area (Å²) in [6.45, 7) is 0.428. The smallest absolute Gasteiger partial charge is 0.328 e. The second-order valence-electron chi connectivity index (χ2n) is 7.96. The van der Waals surface area contributed by atoms with E-state index in [-0.39, 0.29) is 35.1 Å². The number of hydrogen-bond acceptors (Lipinski definition) is 10. The molecule has 0 saturated carbocycles. The molecule has 1 N–H and O–H groups in total. The summed E-state index contributed by atoms with van der Waals surface area (Å²) in [6, 6.07) is 0.752. The number of esters is 1. The van der Waals surface area contributed by atoms with Crippen molar-refractivity contribution >= 4 is 56.9 Å². The number of piperidine rings is 1. The monoisotopic (exact) mass is 532 g/mol. The van der Waals surface area contributed by atoms with Crippen molar-refractivity contribution in [3.63, 3.8) is 0 Å². The van der Waals surface area contributed by atoms with Gasteiger partial charge >= 0.3 is 5.97 Å². The lowest BCUT2D eigenvalue weighted by atomic mass is 9.96. The molecule has 14 heteroatoms. The summed E-state index contributed by atoms with van der Waals surface area (Å²) in [5.74, 6) is -3.25. The molecular formula is C20H26N3O8S3-. The Kier molecular flexibility index (Phi) is 8.95. The normalized spacial score (nSPS) is 23.0. The number of thiophene rings is 1. The Morgan fingerprint density at radius 3 is 2.59 bits per heavy atom. The highest BCUT2D eigenvalue weighted by molar-refractivity contribution is 8.00. The Labute approximate surface area is 205 Å². The molecular weight excluding hydrogens is 506 g/mol. The molecule has 1 aromatic heterocycles. The first-order valence-corrected chi connectivity index (χ1v) is 14.2. The molecule has 3 heterocycles. The van der Waals surface area contributed by atoms with E-state index in [1.807, 2.05) is 0 Å². The first kappa shape index (κ1) is 26.4. The maximum Gasteiger partial charge on any atom is 0.328 e. The summed E-state index contributed by atoms with van der Waals surface area (Å²) in [7, 11) is -2.54. The van der Waals surface area contributed by atoms with Crippen molar-refractivity contribution in [3.05, 3.63) is 17.5 Å². The summed E-state index contributed by atoms with van der Waals surface area (Å²) < 4.78 is 33.0. The van der Waals surface area contributed by atoms with Crippen LogP contribution in [0.1, 0.15) is 25.7 Å². The zero-order chi connectivity index (χ0) is 24.9. The highest BCUT2D eigenvalue weighted by atomic mass is 32.2. The highest BCUT2D eigenvalue weighted by Gasteiger charge is 2.43. The summed E-state index contributed by atoms with van der Waals surface area (Å²) in [5.41, 5.74) is 0. The van der Waals surface area contributed by atoms with Crippen LogP contribution < -0.4 is 9.83 Å². The summed E-state index contributed by atoms with van der Waals surface area (Å²) >= 11 is 1.94. The molecule has 2 saturated heterocycles. The number of carboxylic acids is 1. The van der Waals surface area contributed by atoms with Crippen LogP contribution in [0.5, 0.6) is 0 Å². The number of amides is 2. The van der Waals surface area contributed by atoms with E-state index < -0.39 is 51.9 Å². The van der Waals surface area contributed by atoms with Gasteiger partial charge in [-0.3, -0.25) is 9.59 Å². The second kappa shape index (κ2) is 11.5. The molecule has 2 aliphatic rings. The molecule has 2 amide bonds. The Morgan fingerprint density at radius 2 is 1.94 bits per heavy atom. The summed E-state index contributed by atoms with van der Waals surface area (Å²) in [6.07, 6.45) is 1.35. The minimum absolute atomic E-state index is 0.0325. The van der Waals surface area contributed by atoms with E-state index in [4.69, 9.17) is 4.74 Å². The van der Waals surface area contributed by atoms with Crippen LogP contribution >= 0.6 is 23.1 Å². The lowest BCUT2D eigenvalue weighted by Crippen LogP contribution is -2.59. The third-order valence-electron chi connectivity index (χ3n) is 5.74. The predicted octanol–water partition coefficient (Wildman–Crippen LogP) is -0.967. The molecule has 3 atom stereocenters. The molecule has 0 radical (unpaired) electrons. The van der Waals surface area contributed by atoms with Gasteiger partial charge in [0.1, 0.15) is 16.3 Å². The van der Waals surface area contributed by atoms with Gasteiger partial charge in [-0.05, 0) is 37.1 Å². The Hall–Kier alpha value is -2.16. The Morgan fingerprint density at radius 1 is 1.18 bits per heavy atom. The number of likely N-dealkylation sites (tertiary alicyclic amines) is 2. The number of aliphatic carboxylic acids is 1. The van der Waals surface area contributed by atoms with Crippen LogP contribution in [-0.2, 0) is 33.9 Å². The van der Waals surface area contributed by atoms with Gasteiger partial charge in [-0.15, -0.1) is 23.1 Å². The van der Waals surface area contributed by atoms with E-state index in [1.54, 1.807) is 11.4 Å². The van der Waals surface area contributed by atoms with Gasteiger partial charge in [0.05, 0.1) is 18.8 Å². The number of thioether (sulfide) groups is 1. The van der Waals surface area contributed by atoms with E-state index in [0.29, 0.717) is 19.4 Å². The van der Waals surface area contributed by atoms with Gasteiger partial charge in [0.15, 0.2) is 0 Å². The fourth-order valence-electron chi connectivity index (χ4n) is 4.21. The number of methoxy groups -OCH3 is 1. The standard InChI is InChI=1S/C20H27N3O8S3/c1-31-20(28)14-4-2-7-23(14)19(27)15-10-13(21-34(29,30)18-5-3-9-33-18)6-8-22(15)16(24)11-32-12-17(25)26/h3,5,9,13-15,21H,2,4,6-8,10-12H2,1H3,(H,25,26)/p-1/t13-,14+,15-/m0/s1. The van der Waals surface area contributed by atoms with E-state index in [9.17, 15) is 32.7 Å². The van der Waals surface area contributed by atoms with Crippen LogP contribution in [-0.4, -0.2) is 91.8 Å². The van der Waals surface area contributed by atoms with E-state index in [1.165, 1.54) is 23.0 Å². The van der Waals surface area contributed by atoms with Crippen molar-refractivity contribution in [2.24, 2.45) is 0 Å². The number of hydrogen-bond donors (Lipinski definition) is 1. The zero-order valence-corrected chi connectivity index (χ0v) is 21.0. The number of nitrogens with one attached hydrogen (secondary N) is 1. The van der Waals surface area contributed by atoms with Gasteiger partial charge in [0, 0.05) is 24.9 Å². The number of carboxylic acid groups (broad SMARTS) is 1. The molecule has 3 rings (SSSR count). The largest absolute Gasteiger partial charge is 0.549 e. The number of nitrogens with zero attached hydrogens (tertiary/aromatic N) is 2. The Bertz CT molecular complexity index is 1010. The Balaban J connectivity index is 1.79. The van der Waals surface area contributed by atoms with E-state index in [2.05, 4.69) is 4.72 Å². The van der Waals surface area contributed by atoms with Crippen LogP contribution in [0.25, 0.3) is 0 Å². The molecule has 0 aromatic carbocycles. The first-order chi connectivity index (χ1) is 16.1. The molecule has 0 bridgehead atoms. The average molecular weight is 533 g/mol. The van der Waals surface area contributed by atoms with Crippen molar-refractivity contribution < 1.29 is 37.4 Å². The van der Waals surface area contributed by atoms with Crippen LogP contribution in [0, 0.1) is 0 Å². The van der Waals surface area contributed by atoms with Crippen LogP contribution in [0.2, 0.25) is 0 Å². The fraction of sp³-hybridized carbons (Fsp3) is 0.600. The van der Waals surface area contributed by atoms with Gasteiger partial charge in [-0.1, -0.05) is 6.07 Å². The number of carbonyl (C=O) groups is 4. The van der Waals surface area contributed by atoms with Crippen molar-refractivity contribution in [1.29, 1.82) is 0 Å². The molecule has 188 valence electrons. The van der Waals surface area contributed by atoms with Crippen molar-refractivity contribution in [2.75, 3.05) is 31.7 Å². The molecule has 34 heavy (non-hydrogen) atoms.